The molecule has 0 radical (unpaired) electrons. The van der Waals surface area contributed by atoms with Crippen LogP contribution < -0.4 is 5.32 Å². The van der Waals surface area contributed by atoms with Crippen LogP contribution in [0.15, 0.2) is 18.2 Å². The lowest BCUT2D eigenvalue weighted by atomic mass is 9.83. The fourth-order valence-corrected chi connectivity index (χ4v) is 3.21. The molecule has 18 heavy (non-hydrogen) atoms. The van der Waals surface area contributed by atoms with E-state index in [1.165, 1.54) is 5.82 Å². The Morgan fingerprint density at radius 1 is 1.50 bits per heavy atom. The number of imidazole rings is 1. The number of aromatic nitrogens is 2. The van der Waals surface area contributed by atoms with Gasteiger partial charge in [-0.15, -0.1) is 0 Å². The zero-order valence-electron chi connectivity index (χ0n) is 10.8. The first kappa shape index (κ1) is 12.0. The van der Waals surface area contributed by atoms with E-state index >= 15 is 0 Å². The predicted octanol–water partition coefficient (Wildman–Crippen LogP) is 2.87. The Labute approximate surface area is 112 Å². The third-order valence-electron chi connectivity index (χ3n) is 4.24. The van der Waals surface area contributed by atoms with Crippen LogP contribution in [-0.4, -0.2) is 22.6 Å². The Morgan fingerprint density at radius 2 is 2.33 bits per heavy atom. The molecule has 0 spiro atoms. The number of nitrogens with one attached hydrogen (secondary N) is 1. The first-order valence-electron chi connectivity index (χ1n) is 6.49. The largest absolute Gasteiger partial charge is 0.331 e. The molecule has 0 amide bonds. The van der Waals surface area contributed by atoms with Crippen LogP contribution in [0.4, 0.5) is 0 Å². The van der Waals surface area contributed by atoms with Crippen molar-refractivity contribution in [3.63, 3.8) is 0 Å². The van der Waals surface area contributed by atoms with Gasteiger partial charge < -0.3 is 9.88 Å². The van der Waals surface area contributed by atoms with E-state index < -0.39 is 0 Å². The molecule has 1 unspecified atom stereocenters. The molecule has 3 rings (SSSR count). The fraction of sp³-hybridized carbons (Fsp3) is 0.500. The lowest BCUT2D eigenvalue weighted by molar-refractivity contribution is 0.415. The molecule has 2 aromatic rings. The van der Waals surface area contributed by atoms with Gasteiger partial charge in [0.25, 0.3) is 0 Å². The highest BCUT2D eigenvalue weighted by molar-refractivity contribution is 6.31. The van der Waals surface area contributed by atoms with Gasteiger partial charge in [-0.25, -0.2) is 4.98 Å². The number of hydrogen-bond donors (Lipinski definition) is 1. The average molecular weight is 264 g/mol. The minimum atomic E-state index is 0.181. The van der Waals surface area contributed by atoms with Crippen LogP contribution >= 0.6 is 11.6 Å². The molecule has 0 bridgehead atoms. The number of benzene rings is 1. The van der Waals surface area contributed by atoms with E-state index in [2.05, 4.69) is 29.9 Å². The van der Waals surface area contributed by atoms with Gasteiger partial charge in [-0.1, -0.05) is 18.5 Å². The molecule has 1 aromatic carbocycles. The SMILES string of the molecule is CCC1(c2nc3cc(Cl)ccc3n2C)CCNC1. The maximum absolute atomic E-state index is 6.05. The molecule has 1 saturated heterocycles. The van der Waals surface area contributed by atoms with Crippen molar-refractivity contribution < 1.29 is 0 Å². The third kappa shape index (κ3) is 1.65. The topological polar surface area (TPSA) is 29.9 Å². The molecule has 1 aliphatic heterocycles. The Bertz CT molecular complexity index is 582. The van der Waals surface area contributed by atoms with E-state index in [-0.39, 0.29) is 5.41 Å². The van der Waals surface area contributed by atoms with E-state index in [9.17, 15) is 0 Å². The molecule has 0 aliphatic carbocycles. The molecule has 96 valence electrons. The summed E-state index contributed by atoms with van der Waals surface area (Å²) < 4.78 is 2.22. The Balaban J connectivity index is 2.20. The lowest BCUT2D eigenvalue weighted by Crippen LogP contribution is -2.31. The molecule has 3 nitrogen and oxygen atoms in total. The van der Waals surface area contributed by atoms with Crippen LogP contribution in [0.25, 0.3) is 11.0 Å². The van der Waals surface area contributed by atoms with Crippen molar-refractivity contribution in [1.82, 2.24) is 14.9 Å². The van der Waals surface area contributed by atoms with E-state index in [0.717, 1.165) is 42.0 Å². The summed E-state index contributed by atoms with van der Waals surface area (Å²) in [5.74, 6) is 1.19. The monoisotopic (exact) mass is 263 g/mol. The average Bonchev–Trinajstić information content (AvgIpc) is 2.95. The highest BCUT2D eigenvalue weighted by Gasteiger charge is 2.37. The number of halogens is 1. The molecule has 1 aliphatic rings. The molecule has 2 heterocycles. The van der Waals surface area contributed by atoms with Crippen LogP contribution in [0, 0.1) is 0 Å². The van der Waals surface area contributed by atoms with E-state index in [1.807, 2.05) is 12.1 Å². The van der Waals surface area contributed by atoms with E-state index in [1.54, 1.807) is 0 Å². The van der Waals surface area contributed by atoms with Crippen molar-refractivity contribution in [2.45, 2.75) is 25.2 Å². The lowest BCUT2D eigenvalue weighted by Gasteiger charge is -2.25. The van der Waals surface area contributed by atoms with Crippen molar-refractivity contribution in [3.8, 4) is 0 Å². The first-order valence-corrected chi connectivity index (χ1v) is 6.87. The Hall–Kier alpha value is -1.06. The Morgan fingerprint density at radius 3 is 3.00 bits per heavy atom. The predicted molar refractivity (Wildman–Crippen MR) is 75.2 cm³/mol. The smallest absolute Gasteiger partial charge is 0.117 e. The van der Waals surface area contributed by atoms with Gasteiger partial charge in [0.2, 0.25) is 0 Å². The van der Waals surface area contributed by atoms with Gasteiger partial charge in [-0.2, -0.15) is 0 Å². The molecule has 1 fully saturated rings. The second kappa shape index (κ2) is 4.25. The zero-order chi connectivity index (χ0) is 12.8. The van der Waals surface area contributed by atoms with Crippen LogP contribution in [-0.2, 0) is 12.5 Å². The fourth-order valence-electron chi connectivity index (χ4n) is 3.04. The molecule has 1 N–H and O–H groups in total. The highest BCUT2D eigenvalue weighted by Crippen LogP contribution is 2.35. The summed E-state index contributed by atoms with van der Waals surface area (Å²) in [7, 11) is 2.11. The van der Waals surface area contributed by atoms with Crippen LogP contribution in [0.3, 0.4) is 0 Å². The summed E-state index contributed by atoms with van der Waals surface area (Å²) in [6.07, 6.45) is 2.28. The standard InChI is InChI=1S/C14H18ClN3/c1-3-14(6-7-16-9-14)13-17-11-8-10(15)4-5-12(11)18(13)2/h4-5,8,16H,3,6-7,9H2,1-2H3. The van der Waals surface area contributed by atoms with Gasteiger partial charge in [-0.05, 0) is 37.6 Å². The summed E-state index contributed by atoms with van der Waals surface area (Å²) in [5, 5.41) is 4.22. The first-order chi connectivity index (χ1) is 8.66. The summed E-state index contributed by atoms with van der Waals surface area (Å²) >= 11 is 6.05. The molecular formula is C14H18ClN3. The second-order valence-electron chi connectivity index (χ2n) is 5.19. The van der Waals surface area contributed by atoms with E-state index in [4.69, 9.17) is 16.6 Å². The van der Waals surface area contributed by atoms with Crippen molar-refractivity contribution >= 4 is 22.6 Å². The summed E-state index contributed by atoms with van der Waals surface area (Å²) in [5.41, 5.74) is 2.34. The molecule has 0 saturated carbocycles. The Kier molecular flexibility index (Phi) is 2.83. The van der Waals surface area contributed by atoms with Crippen molar-refractivity contribution in [2.75, 3.05) is 13.1 Å². The third-order valence-corrected chi connectivity index (χ3v) is 4.47. The number of rotatable bonds is 2. The number of fused-ring (bicyclic) bond motifs is 1. The minimum absolute atomic E-state index is 0.181. The number of nitrogens with zero attached hydrogens (tertiary/aromatic N) is 2. The van der Waals surface area contributed by atoms with Gasteiger partial charge in [0, 0.05) is 24.0 Å². The van der Waals surface area contributed by atoms with Crippen LogP contribution in [0.2, 0.25) is 5.02 Å². The highest BCUT2D eigenvalue weighted by atomic mass is 35.5. The van der Waals surface area contributed by atoms with E-state index in [0.29, 0.717) is 0 Å². The zero-order valence-corrected chi connectivity index (χ0v) is 11.6. The van der Waals surface area contributed by atoms with Crippen LogP contribution in [0.1, 0.15) is 25.6 Å². The van der Waals surface area contributed by atoms with Gasteiger partial charge in [0.15, 0.2) is 0 Å². The second-order valence-corrected chi connectivity index (χ2v) is 5.62. The summed E-state index contributed by atoms with van der Waals surface area (Å²) in [6, 6.07) is 5.94. The van der Waals surface area contributed by atoms with Crippen molar-refractivity contribution in [3.05, 3.63) is 29.0 Å². The quantitative estimate of drug-likeness (QED) is 0.903. The molecular weight excluding hydrogens is 246 g/mol. The summed E-state index contributed by atoms with van der Waals surface area (Å²) in [4.78, 5) is 4.84. The van der Waals surface area contributed by atoms with Crippen LogP contribution in [0.5, 0.6) is 0 Å². The van der Waals surface area contributed by atoms with Gasteiger partial charge in [0.05, 0.1) is 11.0 Å². The van der Waals surface area contributed by atoms with Gasteiger partial charge >= 0.3 is 0 Å². The normalized spacial score (nSPS) is 23.9. The maximum atomic E-state index is 6.05. The number of hydrogen-bond acceptors (Lipinski definition) is 2. The number of aryl methyl sites for hydroxylation is 1. The summed E-state index contributed by atoms with van der Waals surface area (Å²) in [6.45, 7) is 4.35. The van der Waals surface area contributed by atoms with Gasteiger partial charge in [-0.3, -0.25) is 0 Å². The molecule has 1 aromatic heterocycles. The minimum Gasteiger partial charge on any atom is -0.331 e. The molecule has 4 heteroatoms. The van der Waals surface area contributed by atoms with Crippen molar-refractivity contribution in [1.29, 1.82) is 0 Å². The molecule has 1 atom stereocenters. The van der Waals surface area contributed by atoms with Gasteiger partial charge in [0.1, 0.15) is 5.82 Å². The van der Waals surface area contributed by atoms with Crippen molar-refractivity contribution in [2.24, 2.45) is 7.05 Å². The maximum Gasteiger partial charge on any atom is 0.117 e.